The average molecular weight is 320 g/mol. The highest BCUT2D eigenvalue weighted by molar-refractivity contribution is 5.88. The fourth-order valence-electron chi connectivity index (χ4n) is 3.58. The lowest BCUT2D eigenvalue weighted by molar-refractivity contribution is 0.0718. The Labute approximate surface area is 138 Å². The predicted molar refractivity (Wildman–Crippen MR) is 89.7 cm³/mol. The Kier molecular flexibility index (Phi) is 5.20. The molecular formula is C17H28N4O2. The Morgan fingerprint density at radius 3 is 2.87 bits per heavy atom. The van der Waals surface area contributed by atoms with Gasteiger partial charge in [-0.05, 0) is 33.1 Å². The number of hydrogen-bond acceptors (Lipinski definition) is 3. The summed E-state index contributed by atoms with van der Waals surface area (Å²) in [6.07, 6.45) is 7.09. The first-order valence-electron chi connectivity index (χ1n) is 8.87. The van der Waals surface area contributed by atoms with Crippen LogP contribution in [0.15, 0.2) is 6.07 Å². The van der Waals surface area contributed by atoms with Gasteiger partial charge >= 0.3 is 6.03 Å². The highest BCUT2D eigenvalue weighted by atomic mass is 16.5. The Morgan fingerprint density at radius 1 is 1.30 bits per heavy atom. The highest BCUT2D eigenvalue weighted by Crippen LogP contribution is 2.30. The van der Waals surface area contributed by atoms with Crippen LogP contribution in [0.4, 0.5) is 10.6 Å². The molecule has 1 atom stereocenters. The van der Waals surface area contributed by atoms with Gasteiger partial charge in [0.25, 0.3) is 0 Å². The molecule has 1 aliphatic carbocycles. The van der Waals surface area contributed by atoms with E-state index >= 15 is 0 Å². The molecule has 2 fully saturated rings. The summed E-state index contributed by atoms with van der Waals surface area (Å²) in [4.78, 5) is 14.5. The van der Waals surface area contributed by atoms with Gasteiger partial charge in [-0.3, -0.25) is 5.32 Å². The number of carbonyl (C=O) groups excluding carboxylic acids is 1. The predicted octanol–water partition coefficient (Wildman–Crippen LogP) is 3.34. The van der Waals surface area contributed by atoms with Crippen molar-refractivity contribution in [3.05, 3.63) is 11.8 Å². The van der Waals surface area contributed by atoms with E-state index in [1.165, 1.54) is 19.3 Å². The van der Waals surface area contributed by atoms with E-state index in [2.05, 4.69) is 10.4 Å². The van der Waals surface area contributed by atoms with Crippen molar-refractivity contribution >= 4 is 11.8 Å². The summed E-state index contributed by atoms with van der Waals surface area (Å²) in [6, 6.07) is 2.35. The highest BCUT2D eigenvalue weighted by Gasteiger charge is 2.23. The van der Waals surface area contributed by atoms with E-state index in [0.717, 1.165) is 43.9 Å². The molecule has 23 heavy (non-hydrogen) atoms. The van der Waals surface area contributed by atoms with Gasteiger partial charge in [-0.25, -0.2) is 9.48 Å². The molecule has 2 heterocycles. The Balaban J connectivity index is 1.70. The monoisotopic (exact) mass is 320 g/mol. The van der Waals surface area contributed by atoms with E-state index in [0.29, 0.717) is 12.6 Å². The molecule has 0 bridgehead atoms. The first-order chi connectivity index (χ1) is 11.1. The maximum atomic E-state index is 12.6. The second kappa shape index (κ2) is 7.34. The number of nitrogens with one attached hydrogen (secondary N) is 1. The summed E-state index contributed by atoms with van der Waals surface area (Å²) in [5.74, 6) is 0.831. The van der Waals surface area contributed by atoms with Gasteiger partial charge in [-0.15, -0.1) is 0 Å². The SMILES string of the molecule is Cc1cc(NC(=O)N2CCCO[C@@H](C)C2)n(C2CCCCC2)n1. The average Bonchev–Trinajstić information content (AvgIpc) is 2.77. The van der Waals surface area contributed by atoms with Crippen molar-refractivity contribution in [2.75, 3.05) is 25.0 Å². The lowest BCUT2D eigenvalue weighted by Crippen LogP contribution is -2.39. The van der Waals surface area contributed by atoms with Crippen molar-refractivity contribution in [1.82, 2.24) is 14.7 Å². The molecule has 0 aromatic carbocycles. The minimum absolute atomic E-state index is 0.0423. The van der Waals surface area contributed by atoms with Crippen molar-refractivity contribution in [3.63, 3.8) is 0 Å². The number of rotatable bonds is 2. The summed E-state index contributed by atoms with van der Waals surface area (Å²) in [5, 5.41) is 7.70. The van der Waals surface area contributed by atoms with Gasteiger partial charge in [0.2, 0.25) is 0 Å². The van der Waals surface area contributed by atoms with Crippen LogP contribution in [-0.2, 0) is 4.74 Å². The van der Waals surface area contributed by atoms with Crippen molar-refractivity contribution in [1.29, 1.82) is 0 Å². The van der Waals surface area contributed by atoms with Crippen molar-refractivity contribution in [2.45, 2.75) is 64.5 Å². The zero-order valence-electron chi connectivity index (χ0n) is 14.3. The van der Waals surface area contributed by atoms with E-state index in [1.807, 2.05) is 29.5 Å². The van der Waals surface area contributed by atoms with Crippen LogP contribution in [0.3, 0.4) is 0 Å². The lowest BCUT2D eigenvalue weighted by atomic mass is 9.96. The summed E-state index contributed by atoms with van der Waals surface area (Å²) in [6.45, 7) is 6.11. The first-order valence-corrected chi connectivity index (χ1v) is 8.87. The van der Waals surface area contributed by atoms with E-state index in [-0.39, 0.29) is 12.1 Å². The zero-order valence-corrected chi connectivity index (χ0v) is 14.3. The number of urea groups is 1. The van der Waals surface area contributed by atoms with Gasteiger partial charge < -0.3 is 9.64 Å². The maximum absolute atomic E-state index is 12.6. The molecule has 6 nitrogen and oxygen atoms in total. The molecule has 3 rings (SSSR count). The van der Waals surface area contributed by atoms with Crippen LogP contribution >= 0.6 is 0 Å². The molecule has 128 valence electrons. The minimum Gasteiger partial charge on any atom is -0.377 e. The standard InChI is InChI=1S/C17H28N4O2/c1-13-11-16(21(19-13)15-7-4-3-5-8-15)18-17(22)20-9-6-10-23-14(2)12-20/h11,14-15H,3-10,12H2,1-2H3,(H,18,22)/t14-/m0/s1. The fourth-order valence-corrected chi connectivity index (χ4v) is 3.58. The summed E-state index contributed by atoms with van der Waals surface area (Å²) < 4.78 is 7.65. The molecule has 6 heteroatoms. The van der Waals surface area contributed by atoms with Crippen molar-refractivity contribution in [3.8, 4) is 0 Å². The van der Waals surface area contributed by atoms with Gasteiger partial charge in [-0.2, -0.15) is 5.10 Å². The van der Waals surface area contributed by atoms with Crippen LogP contribution in [0.25, 0.3) is 0 Å². The lowest BCUT2D eigenvalue weighted by Gasteiger charge is -2.26. The van der Waals surface area contributed by atoms with Crippen LogP contribution in [0, 0.1) is 6.92 Å². The Hall–Kier alpha value is -1.56. The fraction of sp³-hybridized carbons (Fsp3) is 0.765. The molecule has 0 spiro atoms. The maximum Gasteiger partial charge on any atom is 0.323 e. The van der Waals surface area contributed by atoms with Crippen LogP contribution in [0.2, 0.25) is 0 Å². The number of aryl methyl sites for hydroxylation is 1. The van der Waals surface area contributed by atoms with E-state index in [1.54, 1.807) is 0 Å². The third kappa shape index (κ3) is 4.05. The van der Waals surface area contributed by atoms with Gasteiger partial charge in [0.1, 0.15) is 5.82 Å². The molecule has 1 saturated heterocycles. The van der Waals surface area contributed by atoms with Gasteiger partial charge in [0, 0.05) is 25.8 Å². The molecular weight excluding hydrogens is 292 g/mol. The number of amides is 2. The van der Waals surface area contributed by atoms with E-state index < -0.39 is 0 Å². The van der Waals surface area contributed by atoms with Crippen LogP contribution in [0.5, 0.6) is 0 Å². The molecule has 1 aromatic heterocycles. The van der Waals surface area contributed by atoms with Gasteiger partial charge in [0.15, 0.2) is 0 Å². The molecule has 1 N–H and O–H groups in total. The van der Waals surface area contributed by atoms with E-state index in [4.69, 9.17) is 4.74 Å². The number of carbonyl (C=O) groups is 1. The van der Waals surface area contributed by atoms with Gasteiger partial charge in [-0.1, -0.05) is 19.3 Å². The van der Waals surface area contributed by atoms with E-state index in [9.17, 15) is 4.79 Å². The molecule has 2 aliphatic rings. The number of nitrogens with zero attached hydrogens (tertiary/aromatic N) is 3. The van der Waals surface area contributed by atoms with Crippen LogP contribution in [0.1, 0.15) is 57.2 Å². The zero-order chi connectivity index (χ0) is 16.2. The number of aromatic nitrogens is 2. The molecule has 1 aromatic rings. The summed E-state index contributed by atoms with van der Waals surface area (Å²) >= 11 is 0. The third-order valence-corrected chi connectivity index (χ3v) is 4.75. The van der Waals surface area contributed by atoms with Gasteiger partial charge in [0.05, 0.1) is 17.8 Å². The van der Waals surface area contributed by atoms with Crippen LogP contribution in [-0.4, -0.2) is 46.5 Å². The molecule has 0 radical (unpaired) electrons. The summed E-state index contributed by atoms with van der Waals surface area (Å²) in [5.41, 5.74) is 0.957. The largest absolute Gasteiger partial charge is 0.377 e. The number of anilines is 1. The quantitative estimate of drug-likeness (QED) is 0.909. The minimum atomic E-state index is -0.0423. The molecule has 2 amide bonds. The Bertz CT molecular complexity index is 537. The van der Waals surface area contributed by atoms with Crippen molar-refractivity contribution in [2.24, 2.45) is 0 Å². The second-order valence-corrected chi connectivity index (χ2v) is 6.82. The normalized spacial score (nSPS) is 23.6. The van der Waals surface area contributed by atoms with Crippen LogP contribution < -0.4 is 5.32 Å². The Morgan fingerprint density at radius 2 is 2.09 bits per heavy atom. The summed E-state index contributed by atoms with van der Waals surface area (Å²) in [7, 11) is 0. The number of ether oxygens (including phenoxy) is 1. The topological polar surface area (TPSA) is 59.4 Å². The second-order valence-electron chi connectivity index (χ2n) is 6.82. The first kappa shape index (κ1) is 16.3. The van der Waals surface area contributed by atoms with Crippen molar-refractivity contribution < 1.29 is 9.53 Å². The molecule has 1 aliphatic heterocycles. The smallest absolute Gasteiger partial charge is 0.323 e. The molecule has 1 saturated carbocycles. The molecule has 0 unspecified atom stereocenters. The third-order valence-electron chi connectivity index (χ3n) is 4.75. The number of hydrogen-bond donors (Lipinski definition) is 1.